The van der Waals surface area contributed by atoms with Crippen LogP contribution in [0.5, 0.6) is 11.8 Å². The molecule has 5 aromatic rings. The molecule has 4 heterocycles. The first-order valence-corrected chi connectivity index (χ1v) is 16.9. The topological polar surface area (TPSA) is 120 Å². The van der Waals surface area contributed by atoms with Gasteiger partial charge in [-0.05, 0) is 60.5 Å². The van der Waals surface area contributed by atoms with Crippen LogP contribution in [0.4, 0.5) is 10.6 Å². The van der Waals surface area contributed by atoms with Crippen LogP contribution in [0.3, 0.4) is 0 Å². The van der Waals surface area contributed by atoms with Gasteiger partial charge in [-0.25, -0.2) is 4.79 Å². The zero-order valence-electron chi connectivity index (χ0n) is 28.0. The molecular weight excluding hydrogens is 618 g/mol. The van der Waals surface area contributed by atoms with Gasteiger partial charge >= 0.3 is 12.1 Å². The fourth-order valence-corrected chi connectivity index (χ4v) is 7.22. The van der Waals surface area contributed by atoms with Crippen molar-refractivity contribution < 1.29 is 19.4 Å². The van der Waals surface area contributed by atoms with Crippen LogP contribution in [-0.4, -0.2) is 87.5 Å². The molecule has 0 saturated carbocycles. The maximum Gasteiger partial charge on any atom is 0.407 e. The largest absolute Gasteiger partial charge is 0.489 e. The van der Waals surface area contributed by atoms with Crippen molar-refractivity contribution in [1.82, 2.24) is 24.3 Å². The summed E-state index contributed by atoms with van der Waals surface area (Å²) >= 11 is 0. The van der Waals surface area contributed by atoms with E-state index in [1.54, 1.807) is 0 Å². The molecule has 49 heavy (non-hydrogen) atoms. The van der Waals surface area contributed by atoms with Crippen molar-refractivity contribution in [2.75, 3.05) is 44.7 Å². The Hall–Kier alpha value is -5.34. The Morgan fingerprint density at radius 1 is 0.980 bits per heavy atom. The van der Waals surface area contributed by atoms with Gasteiger partial charge in [0.15, 0.2) is 5.82 Å². The van der Waals surface area contributed by atoms with Gasteiger partial charge in [0.1, 0.15) is 30.0 Å². The number of fused-ring (bicyclic) bond motifs is 2. The van der Waals surface area contributed by atoms with Gasteiger partial charge in [-0.3, -0.25) is 0 Å². The van der Waals surface area contributed by atoms with Crippen LogP contribution in [0.1, 0.15) is 36.0 Å². The van der Waals surface area contributed by atoms with Gasteiger partial charge in [0, 0.05) is 50.9 Å². The first-order valence-electron chi connectivity index (χ1n) is 16.9. The molecule has 0 bridgehead atoms. The van der Waals surface area contributed by atoms with Crippen LogP contribution >= 0.6 is 0 Å². The number of amides is 1. The molecule has 2 fully saturated rings. The number of anilines is 1. The van der Waals surface area contributed by atoms with Crippen molar-refractivity contribution in [2.45, 2.75) is 44.4 Å². The second-order valence-corrected chi connectivity index (χ2v) is 13.1. The molecule has 2 aliphatic rings. The van der Waals surface area contributed by atoms with Crippen LogP contribution in [0.2, 0.25) is 0 Å². The number of carbonyl (C=O) groups is 1. The number of hydrogen-bond acceptors (Lipinski definition) is 8. The molecule has 1 N–H and O–H groups in total. The monoisotopic (exact) mass is 659 g/mol. The minimum atomic E-state index is -1.01. The summed E-state index contributed by atoms with van der Waals surface area (Å²) in [7, 11) is 4.11. The minimum absolute atomic E-state index is 0.0997. The summed E-state index contributed by atoms with van der Waals surface area (Å²) < 4.78 is 14.7. The lowest BCUT2D eigenvalue weighted by Gasteiger charge is -2.39. The summed E-state index contributed by atoms with van der Waals surface area (Å²) in [6.45, 7) is 3.06. The number of likely N-dealkylation sites (tertiary alicyclic amines) is 1. The SMILES string of the molecule is CN1CCC[C@H]1COc1nc(N2CCN(C(=O)O)[C@@H](CC#N)C2)c2c(n1)c(Cc1cc(OCc3ccccc3)cc3ccccc13)cn2C. The number of nitrogens with zero attached hydrogens (tertiary/aromatic N) is 7. The van der Waals surface area contributed by atoms with E-state index in [-0.39, 0.29) is 13.0 Å². The van der Waals surface area contributed by atoms with Crippen LogP contribution < -0.4 is 14.4 Å². The smallest absolute Gasteiger partial charge is 0.407 e. The zero-order valence-corrected chi connectivity index (χ0v) is 28.0. The molecule has 1 amide bonds. The average Bonchev–Trinajstić information content (AvgIpc) is 3.67. The number of aromatic nitrogens is 3. The number of hydrogen-bond donors (Lipinski definition) is 1. The second kappa shape index (κ2) is 14.0. The first-order chi connectivity index (χ1) is 23.9. The fraction of sp³-hybridized carbons (Fsp3) is 0.368. The molecule has 7 rings (SSSR count). The van der Waals surface area contributed by atoms with Gasteiger partial charge in [-0.2, -0.15) is 15.2 Å². The summed E-state index contributed by atoms with van der Waals surface area (Å²) in [5.41, 5.74) is 4.88. The molecule has 11 heteroatoms. The van der Waals surface area contributed by atoms with Gasteiger partial charge in [0.25, 0.3) is 0 Å². The predicted octanol–water partition coefficient (Wildman–Crippen LogP) is 5.85. The van der Waals surface area contributed by atoms with Crippen molar-refractivity contribution in [3.05, 3.63) is 89.6 Å². The highest BCUT2D eigenvalue weighted by molar-refractivity contribution is 5.92. The third kappa shape index (κ3) is 6.82. The Kier molecular flexibility index (Phi) is 9.22. The van der Waals surface area contributed by atoms with Crippen molar-refractivity contribution in [3.63, 3.8) is 0 Å². The van der Waals surface area contributed by atoms with Crippen LogP contribution in [0.25, 0.3) is 21.8 Å². The summed E-state index contributed by atoms with van der Waals surface area (Å²) in [6, 6.07) is 25.0. The maximum atomic E-state index is 12.0. The lowest BCUT2D eigenvalue weighted by atomic mass is 9.98. The van der Waals surface area contributed by atoms with Gasteiger partial charge in [0.05, 0.1) is 18.5 Å². The van der Waals surface area contributed by atoms with Crippen molar-refractivity contribution in [3.8, 4) is 17.8 Å². The number of likely N-dealkylation sites (N-methyl/N-ethyl adjacent to an activating group) is 1. The summed E-state index contributed by atoms with van der Waals surface area (Å²) in [5, 5.41) is 21.6. The summed E-state index contributed by atoms with van der Waals surface area (Å²) in [4.78, 5) is 27.7. The highest BCUT2D eigenvalue weighted by Crippen LogP contribution is 2.35. The van der Waals surface area contributed by atoms with Gasteiger partial charge < -0.3 is 33.8 Å². The molecule has 3 aromatic carbocycles. The number of aryl methyl sites for hydroxylation is 1. The number of carboxylic acid groups (broad SMARTS) is 1. The number of ether oxygens (including phenoxy) is 2. The molecule has 0 spiro atoms. The Morgan fingerprint density at radius 3 is 2.57 bits per heavy atom. The maximum absolute atomic E-state index is 12.0. The lowest BCUT2D eigenvalue weighted by Crippen LogP contribution is -2.55. The Labute approximate surface area is 285 Å². The Balaban J connectivity index is 1.27. The molecule has 2 atom stereocenters. The van der Waals surface area contributed by atoms with E-state index < -0.39 is 12.1 Å². The zero-order chi connectivity index (χ0) is 33.9. The van der Waals surface area contributed by atoms with E-state index in [0.717, 1.165) is 63.6 Å². The van der Waals surface area contributed by atoms with Crippen molar-refractivity contribution in [2.24, 2.45) is 7.05 Å². The highest BCUT2D eigenvalue weighted by Gasteiger charge is 2.33. The Bertz CT molecular complexity index is 2010. The van der Waals surface area contributed by atoms with E-state index >= 15 is 0 Å². The molecule has 0 unspecified atom stereocenters. The van der Waals surface area contributed by atoms with E-state index in [1.807, 2.05) is 31.3 Å². The number of rotatable bonds is 10. The second-order valence-electron chi connectivity index (χ2n) is 13.1. The van der Waals surface area contributed by atoms with Crippen LogP contribution in [0, 0.1) is 11.3 Å². The van der Waals surface area contributed by atoms with E-state index in [0.29, 0.717) is 50.6 Å². The molecule has 0 radical (unpaired) electrons. The molecular formula is C38H41N7O4. The lowest BCUT2D eigenvalue weighted by molar-refractivity contribution is 0.119. The normalized spacial score (nSPS) is 18.2. The van der Waals surface area contributed by atoms with Crippen LogP contribution in [0.15, 0.2) is 72.9 Å². The quantitative estimate of drug-likeness (QED) is 0.197. The van der Waals surface area contributed by atoms with Gasteiger partial charge in [-0.1, -0.05) is 54.6 Å². The molecule has 0 aliphatic carbocycles. The summed E-state index contributed by atoms with van der Waals surface area (Å²) in [6.07, 6.45) is 3.98. The van der Waals surface area contributed by atoms with Gasteiger partial charge in [-0.15, -0.1) is 0 Å². The van der Waals surface area contributed by atoms with E-state index in [1.165, 1.54) is 4.90 Å². The Morgan fingerprint density at radius 2 is 1.80 bits per heavy atom. The predicted molar refractivity (Wildman–Crippen MR) is 188 cm³/mol. The molecule has 2 aromatic heterocycles. The standard InChI is InChI=1S/C38H41N7O4/c1-42-16-8-12-31(42)25-49-37-40-34-29(22-43(2)35(34)36(41-37)44-17-18-45(38(46)47)30(23-44)14-15-39)19-28-21-32(20-27-11-6-7-13-33(27)28)48-24-26-9-4-3-5-10-26/h3-7,9-11,13,20-22,30-31H,8,12,14,16-19,23-25H2,1-2H3,(H,46,47)/t30-,31-/m0/s1. The minimum Gasteiger partial charge on any atom is -0.489 e. The highest BCUT2D eigenvalue weighted by atomic mass is 16.5. The van der Waals surface area contributed by atoms with Crippen molar-refractivity contribution >= 4 is 33.7 Å². The molecule has 252 valence electrons. The molecule has 2 aliphatic heterocycles. The number of nitriles is 1. The van der Waals surface area contributed by atoms with E-state index in [2.05, 4.69) is 76.1 Å². The average molecular weight is 660 g/mol. The number of piperazine rings is 1. The third-order valence-electron chi connectivity index (χ3n) is 9.83. The van der Waals surface area contributed by atoms with Crippen LogP contribution in [-0.2, 0) is 20.1 Å². The molecule has 11 nitrogen and oxygen atoms in total. The molecule has 2 saturated heterocycles. The number of benzene rings is 3. The third-order valence-corrected chi connectivity index (χ3v) is 9.83. The van der Waals surface area contributed by atoms with Gasteiger partial charge in [0.2, 0.25) is 0 Å². The van der Waals surface area contributed by atoms with Crippen molar-refractivity contribution in [1.29, 1.82) is 5.26 Å². The fourth-order valence-electron chi connectivity index (χ4n) is 7.22. The van der Waals surface area contributed by atoms with E-state index in [4.69, 9.17) is 19.4 Å². The summed E-state index contributed by atoms with van der Waals surface area (Å²) in [5.74, 6) is 1.49. The van der Waals surface area contributed by atoms with E-state index in [9.17, 15) is 15.2 Å². The first kappa shape index (κ1) is 32.2.